The van der Waals surface area contributed by atoms with Crippen LogP contribution in [-0.2, 0) is 0 Å². The number of hydrogen-bond acceptors (Lipinski definition) is 2. The Kier molecular flexibility index (Phi) is 6.94. The van der Waals surface area contributed by atoms with Crippen molar-refractivity contribution in [2.45, 2.75) is 77.0 Å². The molecule has 0 saturated heterocycles. The van der Waals surface area contributed by atoms with Gasteiger partial charge in [0.2, 0.25) is 0 Å². The van der Waals surface area contributed by atoms with E-state index < -0.39 is 0 Å². The van der Waals surface area contributed by atoms with Gasteiger partial charge >= 0.3 is 0 Å². The van der Waals surface area contributed by atoms with Gasteiger partial charge in [-0.05, 0) is 38.1 Å². The van der Waals surface area contributed by atoms with Gasteiger partial charge in [0.15, 0.2) is 0 Å². The van der Waals surface area contributed by atoms with Crippen molar-refractivity contribution in [2.75, 3.05) is 12.8 Å². The maximum atomic E-state index is 3.49. The summed E-state index contributed by atoms with van der Waals surface area (Å²) in [5, 5.41) is 4.45. The second-order valence-corrected chi connectivity index (χ2v) is 8.01. The van der Waals surface area contributed by atoms with E-state index in [2.05, 4.69) is 44.9 Å². The summed E-state index contributed by atoms with van der Waals surface area (Å²) in [7, 11) is 2.12. The van der Waals surface area contributed by atoms with Gasteiger partial charge in [-0.2, -0.15) is 11.8 Å². The molecule has 0 aromatic carbocycles. The van der Waals surface area contributed by atoms with Crippen LogP contribution in [0.4, 0.5) is 0 Å². The third kappa shape index (κ3) is 7.35. The Bertz CT molecular complexity index is 192. The fraction of sp³-hybridized carbons (Fsp3) is 1.00. The molecule has 1 aliphatic rings. The molecule has 1 saturated carbocycles. The Morgan fingerprint density at radius 2 is 1.82 bits per heavy atom. The van der Waals surface area contributed by atoms with E-state index in [1.54, 1.807) is 0 Å². The highest BCUT2D eigenvalue weighted by Crippen LogP contribution is 2.29. The molecule has 1 nitrogen and oxygen atoms in total. The van der Waals surface area contributed by atoms with E-state index in [0.29, 0.717) is 11.5 Å². The van der Waals surface area contributed by atoms with E-state index in [-0.39, 0.29) is 0 Å². The Hall–Kier alpha value is 0.310. The molecule has 17 heavy (non-hydrogen) atoms. The van der Waals surface area contributed by atoms with Crippen LogP contribution in [0.5, 0.6) is 0 Å². The van der Waals surface area contributed by atoms with Crippen molar-refractivity contribution < 1.29 is 0 Å². The SMILES string of the molecule is CNC(CCC(C)(C)C)CSC1CCCCC1. The van der Waals surface area contributed by atoms with E-state index in [4.69, 9.17) is 0 Å². The third-order valence-electron chi connectivity index (χ3n) is 3.74. The molecule has 0 radical (unpaired) electrons. The average Bonchev–Trinajstić information content (AvgIpc) is 2.29. The van der Waals surface area contributed by atoms with Gasteiger partial charge in [-0.3, -0.25) is 0 Å². The van der Waals surface area contributed by atoms with Crippen molar-refractivity contribution in [1.29, 1.82) is 0 Å². The smallest absolute Gasteiger partial charge is 0.0155 e. The highest BCUT2D eigenvalue weighted by molar-refractivity contribution is 7.99. The van der Waals surface area contributed by atoms with Crippen LogP contribution < -0.4 is 5.32 Å². The number of hydrogen-bond donors (Lipinski definition) is 1. The lowest BCUT2D eigenvalue weighted by Gasteiger charge is -2.26. The topological polar surface area (TPSA) is 12.0 Å². The Morgan fingerprint density at radius 3 is 2.35 bits per heavy atom. The fourth-order valence-electron chi connectivity index (χ4n) is 2.40. The molecule has 0 amide bonds. The number of thioether (sulfide) groups is 1. The van der Waals surface area contributed by atoms with Crippen molar-refractivity contribution in [3.8, 4) is 0 Å². The predicted octanol–water partition coefficient (Wildman–Crippen LogP) is 4.47. The summed E-state index contributed by atoms with van der Waals surface area (Å²) in [5.41, 5.74) is 0.477. The van der Waals surface area contributed by atoms with E-state index in [1.807, 2.05) is 0 Å². The molecule has 0 spiro atoms. The molecule has 0 bridgehead atoms. The minimum absolute atomic E-state index is 0.477. The van der Waals surface area contributed by atoms with Crippen LogP contribution in [0.3, 0.4) is 0 Å². The summed E-state index contributed by atoms with van der Waals surface area (Å²) in [6, 6.07) is 0.709. The highest BCUT2D eigenvalue weighted by atomic mass is 32.2. The lowest BCUT2D eigenvalue weighted by atomic mass is 9.89. The molecule has 1 N–H and O–H groups in total. The van der Waals surface area contributed by atoms with Gasteiger partial charge in [0, 0.05) is 17.0 Å². The van der Waals surface area contributed by atoms with Gasteiger partial charge in [0.05, 0.1) is 0 Å². The maximum absolute atomic E-state index is 3.49. The maximum Gasteiger partial charge on any atom is 0.0155 e. The van der Waals surface area contributed by atoms with Gasteiger partial charge in [0.25, 0.3) is 0 Å². The van der Waals surface area contributed by atoms with Crippen molar-refractivity contribution >= 4 is 11.8 Å². The zero-order chi connectivity index (χ0) is 12.7. The Morgan fingerprint density at radius 1 is 1.18 bits per heavy atom. The largest absolute Gasteiger partial charge is 0.316 e. The van der Waals surface area contributed by atoms with Crippen molar-refractivity contribution in [3.05, 3.63) is 0 Å². The normalized spacial score (nSPS) is 20.5. The molecule has 1 rings (SSSR count). The summed E-state index contributed by atoms with van der Waals surface area (Å²) in [4.78, 5) is 0. The average molecular weight is 257 g/mol. The zero-order valence-electron chi connectivity index (χ0n) is 12.2. The van der Waals surface area contributed by atoms with Crippen LogP contribution in [0.1, 0.15) is 65.7 Å². The lowest BCUT2D eigenvalue weighted by Crippen LogP contribution is -2.30. The van der Waals surface area contributed by atoms with Gasteiger partial charge in [0.1, 0.15) is 0 Å². The standard InChI is InChI=1S/C15H31NS/c1-15(2,3)11-10-13(16-4)12-17-14-8-6-5-7-9-14/h13-14,16H,5-12H2,1-4H3. The number of nitrogens with one attached hydrogen (secondary N) is 1. The molecule has 0 aliphatic heterocycles. The summed E-state index contributed by atoms with van der Waals surface area (Å²) in [5.74, 6) is 1.30. The summed E-state index contributed by atoms with van der Waals surface area (Å²) in [6.07, 6.45) is 9.95. The third-order valence-corrected chi connectivity index (χ3v) is 5.27. The Labute approximate surface area is 113 Å². The first-order valence-corrected chi connectivity index (χ1v) is 8.35. The van der Waals surface area contributed by atoms with Crippen LogP contribution in [0, 0.1) is 5.41 Å². The van der Waals surface area contributed by atoms with Gasteiger partial charge < -0.3 is 5.32 Å². The summed E-state index contributed by atoms with van der Waals surface area (Å²) in [6.45, 7) is 7.02. The first kappa shape index (κ1) is 15.4. The van der Waals surface area contributed by atoms with Crippen molar-refractivity contribution in [2.24, 2.45) is 5.41 Å². The minimum Gasteiger partial charge on any atom is -0.316 e. The molecule has 2 heteroatoms. The molecule has 0 heterocycles. The number of rotatable bonds is 6. The lowest BCUT2D eigenvalue weighted by molar-refractivity contribution is 0.343. The molecule has 1 unspecified atom stereocenters. The fourth-order valence-corrected chi connectivity index (χ4v) is 3.91. The first-order valence-electron chi connectivity index (χ1n) is 7.30. The van der Waals surface area contributed by atoms with Crippen LogP contribution in [-0.4, -0.2) is 24.1 Å². The van der Waals surface area contributed by atoms with Crippen LogP contribution in [0.15, 0.2) is 0 Å². The molecule has 102 valence electrons. The van der Waals surface area contributed by atoms with Crippen molar-refractivity contribution in [1.82, 2.24) is 5.32 Å². The predicted molar refractivity (Wildman–Crippen MR) is 80.9 cm³/mol. The van der Waals surface area contributed by atoms with Gasteiger partial charge in [-0.25, -0.2) is 0 Å². The van der Waals surface area contributed by atoms with Crippen LogP contribution in [0.25, 0.3) is 0 Å². The molecule has 1 fully saturated rings. The van der Waals surface area contributed by atoms with Crippen LogP contribution in [0.2, 0.25) is 0 Å². The minimum atomic E-state index is 0.477. The molecule has 0 aromatic heterocycles. The summed E-state index contributed by atoms with van der Waals surface area (Å²) < 4.78 is 0. The molecular formula is C15H31NS. The van der Waals surface area contributed by atoms with E-state index in [0.717, 1.165) is 5.25 Å². The molecule has 1 atom stereocenters. The van der Waals surface area contributed by atoms with E-state index in [9.17, 15) is 0 Å². The van der Waals surface area contributed by atoms with E-state index >= 15 is 0 Å². The second kappa shape index (κ2) is 7.68. The molecular weight excluding hydrogens is 226 g/mol. The van der Waals surface area contributed by atoms with Gasteiger partial charge in [-0.15, -0.1) is 0 Å². The molecule has 1 aliphatic carbocycles. The van der Waals surface area contributed by atoms with Crippen LogP contribution >= 0.6 is 11.8 Å². The monoisotopic (exact) mass is 257 g/mol. The second-order valence-electron chi connectivity index (χ2n) is 6.68. The highest BCUT2D eigenvalue weighted by Gasteiger charge is 2.18. The van der Waals surface area contributed by atoms with Crippen molar-refractivity contribution in [3.63, 3.8) is 0 Å². The Balaban J connectivity index is 2.17. The zero-order valence-corrected chi connectivity index (χ0v) is 13.0. The van der Waals surface area contributed by atoms with Gasteiger partial charge in [-0.1, -0.05) is 40.0 Å². The quantitative estimate of drug-likeness (QED) is 0.753. The summed E-state index contributed by atoms with van der Waals surface area (Å²) >= 11 is 2.22. The van der Waals surface area contributed by atoms with E-state index in [1.165, 1.54) is 50.7 Å². The first-order chi connectivity index (χ1) is 8.01. The molecule has 0 aromatic rings.